The molecule has 7 nitrogen and oxygen atoms in total. The average Bonchev–Trinajstić information content (AvgIpc) is 3.45. The maximum absolute atomic E-state index is 11.6. The lowest BCUT2D eigenvalue weighted by molar-refractivity contribution is 0.0694. The van der Waals surface area contributed by atoms with E-state index >= 15 is 0 Å². The van der Waals surface area contributed by atoms with Crippen molar-refractivity contribution in [1.82, 2.24) is 0 Å². The van der Waals surface area contributed by atoms with Crippen molar-refractivity contribution in [3.05, 3.63) is 71.3 Å². The molecule has 2 N–H and O–H groups in total. The van der Waals surface area contributed by atoms with Crippen LogP contribution < -0.4 is 19.1 Å². The maximum atomic E-state index is 11.6. The molecule has 0 atom stereocenters. The van der Waals surface area contributed by atoms with Crippen LogP contribution in [-0.4, -0.2) is 42.5 Å². The standard InChI is InChI=1S/C31H37NO6/c1-3-11-23-27(14-9-15-28(23)38-29-13-6-5-12-24(29)31(34)35)36-18-10-19-37-30-21-26(33)25(20-22(30)4-2)32-16-7-8-17-32/h5-6,9,12-15,20-21,33H,3-4,7-8,10-11,16-19H2,1-2H3,(H,34,35). The number of aromatic hydroxyl groups is 1. The molecule has 0 bridgehead atoms. The molecule has 1 aliphatic rings. The second kappa shape index (κ2) is 13.1. The Morgan fingerprint density at radius 1 is 0.895 bits per heavy atom. The van der Waals surface area contributed by atoms with Crippen molar-refractivity contribution in [2.75, 3.05) is 31.2 Å². The first kappa shape index (κ1) is 27.2. The summed E-state index contributed by atoms with van der Waals surface area (Å²) in [4.78, 5) is 13.8. The molecule has 3 aromatic rings. The van der Waals surface area contributed by atoms with Crippen LogP contribution in [0.25, 0.3) is 0 Å². The number of phenols is 1. The summed E-state index contributed by atoms with van der Waals surface area (Å²) in [6.07, 6.45) is 5.42. The number of aromatic carboxylic acids is 1. The van der Waals surface area contributed by atoms with Gasteiger partial charge in [0.2, 0.25) is 0 Å². The van der Waals surface area contributed by atoms with Gasteiger partial charge in [-0.15, -0.1) is 0 Å². The highest BCUT2D eigenvalue weighted by Gasteiger charge is 2.19. The zero-order valence-corrected chi connectivity index (χ0v) is 22.2. The van der Waals surface area contributed by atoms with Crippen molar-refractivity contribution in [3.8, 4) is 28.7 Å². The lowest BCUT2D eigenvalue weighted by Gasteiger charge is -2.21. The molecule has 0 spiro atoms. The fourth-order valence-corrected chi connectivity index (χ4v) is 4.77. The number of ether oxygens (including phenoxy) is 3. The van der Waals surface area contributed by atoms with Crippen LogP contribution in [0.3, 0.4) is 0 Å². The Kier molecular flexibility index (Phi) is 9.35. The molecule has 0 saturated carbocycles. The van der Waals surface area contributed by atoms with Gasteiger partial charge >= 0.3 is 5.97 Å². The first-order valence-corrected chi connectivity index (χ1v) is 13.5. The van der Waals surface area contributed by atoms with Gasteiger partial charge in [-0.25, -0.2) is 4.79 Å². The lowest BCUT2D eigenvalue weighted by Crippen LogP contribution is -2.18. The Hall–Kier alpha value is -3.87. The van der Waals surface area contributed by atoms with Crippen LogP contribution in [0.1, 0.15) is 61.0 Å². The molecule has 0 aromatic heterocycles. The van der Waals surface area contributed by atoms with E-state index in [0.717, 1.165) is 67.8 Å². The smallest absolute Gasteiger partial charge is 0.339 e. The van der Waals surface area contributed by atoms with Crippen LogP contribution in [0.2, 0.25) is 0 Å². The third-order valence-corrected chi connectivity index (χ3v) is 6.72. The Morgan fingerprint density at radius 2 is 1.58 bits per heavy atom. The number of rotatable bonds is 13. The number of benzene rings is 3. The van der Waals surface area contributed by atoms with Crippen LogP contribution in [0, 0.1) is 0 Å². The van der Waals surface area contributed by atoms with Crippen molar-refractivity contribution in [2.45, 2.75) is 52.4 Å². The predicted octanol–water partition coefficient (Wildman–Crippen LogP) is 6.85. The highest BCUT2D eigenvalue weighted by atomic mass is 16.5. The molecule has 7 heteroatoms. The van der Waals surface area contributed by atoms with Gasteiger partial charge in [-0.1, -0.05) is 38.5 Å². The molecule has 1 fully saturated rings. The van der Waals surface area contributed by atoms with Crippen molar-refractivity contribution >= 4 is 11.7 Å². The zero-order chi connectivity index (χ0) is 26.9. The van der Waals surface area contributed by atoms with E-state index in [9.17, 15) is 15.0 Å². The molecule has 202 valence electrons. The fourth-order valence-electron chi connectivity index (χ4n) is 4.77. The third-order valence-electron chi connectivity index (χ3n) is 6.72. The summed E-state index contributed by atoms with van der Waals surface area (Å²) in [7, 11) is 0. The fraction of sp³-hybridized carbons (Fsp3) is 0.387. The molecule has 1 aliphatic heterocycles. The van der Waals surface area contributed by atoms with E-state index in [1.807, 2.05) is 18.2 Å². The summed E-state index contributed by atoms with van der Waals surface area (Å²) in [5.41, 5.74) is 3.00. The van der Waals surface area contributed by atoms with E-state index in [2.05, 4.69) is 24.8 Å². The number of carboxylic acid groups (broad SMARTS) is 1. The van der Waals surface area contributed by atoms with Crippen molar-refractivity contribution in [1.29, 1.82) is 0 Å². The number of aryl methyl sites for hydroxylation is 1. The number of carboxylic acids is 1. The highest BCUT2D eigenvalue weighted by molar-refractivity contribution is 5.91. The zero-order valence-electron chi connectivity index (χ0n) is 22.2. The second-order valence-electron chi connectivity index (χ2n) is 9.43. The van der Waals surface area contributed by atoms with E-state index in [1.54, 1.807) is 24.3 Å². The number of nitrogens with zero attached hydrogens (tertiary/aromatic N) is 1. The van der Waals surface area contributed by atoms with Crippen LogP contribution >= 0.6 is 0 Å². The van der Waals surface area contributed by atoms with Crippen LogP contribution in [-0.2, 0) is 12.8 Å². The van der Waals surface area contributed by atoms with Gasteiger partial charge in [0.1, 0.15) is 34.3 Å². The van der Waals surface area contributed by atoms with Gasteiger partial charge in [-0.2, -0.15) is 0 Å². The Morgan fingerprint density at radius 3 is 2.29 bits per heavy atom. The summed E-state index contributed by atoms with van der Waals surface area (Å²) in [6.45, 7) is 7.04. The minimum absolute atomic E-state index is 0.115. The molecule has 38 heavy (non-hydrogen) atoms. The SMILES string of the molecule is CCCc1c(OCCCOc2cc(O)c(N3CCCC3)cc2CC)cccc1Oc1ccccc1C(=O)O. The molecule has 3 aromatic carbocycles. The first-order valence-electron chi connectivity index (χ1n) is 13.5. The first-order chi connectivity index (χ1) is 18.5. The maximum Gasteiger partial charge on any atom is 0.339 e. The number of phenolic OH excluding ortho intramolecular Hbond substituents is 1. The van der Waals surface area contributed by atoms with Gasteiger partial charge in [-0.3, -0.25) is 0 Å². The Bertz CT molecular complexity index is 1240. The minimum Gasteiger partial charge on any atom is -0.506 e. The van der Waals surface area contributed by atoms with Gasteiger partial charge in [0.15, 0.2) is 0 Å². The van der Waals surface area contributed by atoms with E-state index in [4.69, 9.17) is 14.2 Å². The molecular formula is C31H37NO6. The second-order valence-corrected chi connectivity index (χ2v) is 9.43. The van der Waals surface area contributed by atoms with Crippen LogP contribution in [0.15, 0.2) is 54.6 Å². The monoisotopic (exact) mass is 519 g/mol. The van der Waals surface area contributed by atoms with Crippen LogP contribution in [0.5, 0.6) is 28.7 Å². The number of hydrogen-bond acceptors (Lipinski definition) is 6. The van der Waals surface area contributed by atoms with Gasteiger partial charge in [0, 0.05) is 31.1 Å². The number of para-hydroxylation sites is 1. The predicted molar refractivity (Wildman–Crippen MR) is 148 cm³/mol. The highest BCUT2D eigenvalue weighted by Crippen LogP contribution is 2.37. The topological polar surface area (TPSA) is 88.5 Å². The van der Waals surface area contributed by atoms with Gasteiger partial charge in [0.05, 0.1) is 18.9 Å². The lowest BCUT2D eigenvalue weighted by atomic mass is 10.1. The van der Waals surface area contributed by atoms with Crippen molar-refractivity contribution < 1.29 is 29.2 Å². The molecular weight excluding hydrogens is 482 g/mol. The van der Waals surface area contributed by atoms with E-state index in [1.165, 1.54) is 6.07 Å². The normalized spacial score (nSPS) is 12.9. The summed E-state index contributed by atoms with van der Waals surface area (Å²) in [5.74, 6) is 1.56. The largest absolute Gasteiger partial charge is 0.506 e. The summed E-state index contributed by atoms with van der Waals surface area (Å²) >= 11 is 0. The molecule has 4 rings (SSSR count). The van der Waals surface area contributed by atoms with Gasteiger partial charge in [-0.05, 0) is 61.6 Å². The Balaban J connectivity index is 1.38. The number of carbonyl (C=O) groups is 1. The minimum atomic E-state index is -1.03. The van der Waals surface area contributed by atoms with Gasteiger partial charge < -0.3 is 29.3 Å². The molecule has 1 heterocycles. The third kappa shape index (κ3) is 6.52. The molecule has 0 amide bonds. The van der Waals surface area contributed by atoms with Crippen molar-refractivity contribution in [3.63, 3.8) is 0 Å². The number of hydrogen-bond donors (Lipinski definition) is 2. The van der Waals surface area contributed by atoms with Crippen LogP contribution in [0.4, 0.5) is 5.69 Å². The number of anilines is 1. The Labute approximate surface area is 224 Å². The molecule has 0 aliphatic carbocycles. The van der Waals surface area contributed by atoms with E-state index in [-0.39, 0.29) is 11.3 Å². The van der Waals surface area contributed by atoms with E-state index < -0.39 is 5.97 Å². The van der Waals surface area contributed by atoms with Gasteiger partial charge in [0.25, 0.3) is 0 Å². The average molecular weight is 520 g/mol. The quantitative estimate of drug-likeness (QED) is 0.239. The molecule has 0 unspecified atom stereocenters. The van der Waals surface area contributed by atoms with E-state index in [0.29, 0.717) is 36.9 Å². The summed E-state index contributed by atoms with van der Waals surface area (Å²) in [6, 6.07) is 16.0. The summed E-state index contributed by atoms with van der Waals surface area (Å²) in [5, 5.41) is 20.1. The molecule has 0 radical (unpaired) electrons. The molecule has 1 saturated heterocycles. The van der Waals surface area contributed by atoms with Crippen molar-refractivity contribution in [2.24, 2.45) is 0 Å². The summed E-state index contributed by atoms with van der Waals surface area (Å²) < 4.78 is 18.2.